The summed E-state index contributed by atoms with van der Waals surface area (Å²) in [6.45, 7) is 1.50. The van der Waals surface area contributed by atoms with Crippen molar-refractivity contribution in [3.05, 3.63) is 22.2 Å². The van der Waals surface area contributed by atoms with Crippen molar-refractivity contribution in [2.45, 2.75) is 12.8 Å². The summed E-state index contributed by atoms with van der Waals surface area (Å²) in [4.78, 5) is 12.0. The Morgan fingerprint density at radius 3 is 2.88 bits per heavy atom. The van der Waals surface area contributed by atoms with E-state index in [1.165, 1.54) is 0 Å². The van der Waals surface area contributed by atoms with Gasteiger partial charge in [-0.1, -0.05) is 0 Å². The van der Waals surface area contributed by atoms with E-state index in [2.05, 4.69) is 15.9 Å². The van der Waals surface area contributed by atoms with Gasteiger partial charge >= 0.3 is 0 Å². The fourth-order valence-electron chi connectivity index (χ4n) is 1.73. The molecule has 2 rings (SSSR count). The molecule has 0 spiro atoms. The minimum absolute atomic E-state index is 0.0262. The average Bonchev–Trinajstić information content (AvgIpc) is 2.54. The normalized spacial score (nSPS) is 14.2. The smallest absolute Gasteiger partial charge is 0.173 e. The molecule has 1 aromatic rings. The van der Waals surface area contributed by atoms with E-state index in [1.54, 1.807) is 6.07 Å². The Bertz CT molecular complexity index is 434. The number of hydrogen-bond donors (Lipinski definition) is 1. The molecule has 92 valence electrons. The average molecular weight is 300 g/mol. The number of nitrogens with two attached hydrogens (primary N) is 1. The molecule has 0 unspecified atom stereocenters. The maximum absolute atomic E-state index is 12.0. The van der Waals surface area contributed by atoms with Crippen LogP contribution in [-0.4, -0.2) is 25.5 Å². The standard InChI is InChI=1S/C12H14BrNO3/c13-8-2-3-10-12(17-7-1-6-16-10)11(8)9(15)4-5-14/h2-3H,1,4-7,14H2. The summed E-state index contributed by atoms with van der Waals surface area (Å²) >= 11 is 3.37. The van der Waals surface area contributed by atoms with Crippen molar-refractivity contribution >= 4 is 21.7 Å². The van der Waals surface area contributed by atoms with Crippen LogP contribution in [0, 0.1) is 0 Å². The second-order valence-corrected chi connectivity index (χ2v) is 4.62. The number of ketones is 1. The highest BCUT2D eigenvalue weighted by Gasteiger charge is 2.22. The van der Waals surface area contributed by atoms with Crippen LogP contribution in [0.5, 0.6) is 11.5 Å². The first kappa shape index (κ1) is 12.4. The zero-order valence-corrected chi connectivity index (χ0v) is 11.0. The van der Waals surface area contributed by atoms with Crippen molar-refractivity contribution in [2.24, 2.45) is 5.73 Å². The first-order chi connectivity index (χ1) is 8.24. The molecule has 0 aromatic heterocycles. The number of rotatable bonds is 3. The number of carbonyl (C=O) groups is 1. The molecule has 1 aromatic carbocycles. The van der Waals surface area contributed by atoms with Crippen LogP contribution in [0.15, 0.2) is 16.6 Å². The van der Waals surface area contributed by atoms with Gasteiger partial charge in [-0.25, -0.2) is 0 Å². The predicted molar refractivity (Wildman–Crippen MR) is 67.8 cm³/mol. The molecular weight excluding hydrogens is 286 g/mol. The molecule has 0 atom stereocenters. The van der Waals surface area contributed by atoms with E-state index in [-0.39, 0.29) is 5.78 Å². The Labute approximate surface area is 108 Å². The van der Waals surface area contributed by atoms with Gasteiger partial charge in [0.05, 0.1) is 18.8 Å². The van der Waals surface area contributed by atoms with E-state index in [9.17, 15) is 4.79 Å². The third-order valence-electron chi connectivity index (χ3n) is 2.51. The van der Waals surface area contributed by atoms with Crippen LogP contribution in [0.1, 0.15) is 23.2 Å². The minimum Gasteiger partial charge on any atom is -0.490 e. The predicted octanol–water partition coefficient (Wildman–Crippen LogP) is 2.14. The van der Waals surface area contributed by atoms with Crippen molar-refractivity contribution in [3.8, 4) is 11.5 Å². The number of fused-ring (bicyclic) bond motifs is 1. The lowest BCUT2D eigenvalue weighted by molar-refractivity contribution is 0.0980. The molecular formula is C12H14BrNO3. The summed E-state index contributed by atoms with van der Waals surface area (Å²) in [5.74, 6) is 1.14. The van der Waals surface area contributed by atoms with Crippen LogP contribution in [0.4, 0.5) is 0 Å². The number of halogens is 1. The fourth-order valence-corrected chi connectivity index (χ4v) is 2.26. The van der Waals surface area contributed by atoms with Crippen molar-refractivity contribution in [2.75, 3.05) is 19.8 Å². The summed E-state index contributed by atoms with van der Waals surface area (Å²) in [6, 6.07) is 3.61. The summed E-state index contributed by atoms with van der Waals surface area (Å²) in [5.41, 5.74) is 5.95. The lowest BCUT2D eigenvalue weighted by atomic mass is 10.1. The van der Waals surface area contributed by atoms with E-state index >= 15 is 0 Å². The highest BCUT2D eigenvalue weighted by Crippen LogP contribution is 2.38. The fraction of sp³-hybridized carbons (Fsp3) is 0.417. The van der Waals surface area contributed by atoms with E-state index in [4.69, 9.17) is 15.2 Å². The molecule has 0 bridgehead atoms. The van der Waals surface area contributed by atoms with E-state index in [0.717, 1.165) is 10.9 Å². The minimum atomic E-state index is -0.0262. The molecule has 0 amide bonds. The Hall–Kier alpha value is -1.07. The molecule has 0 aliphatic carbocycles. The molecule has 2 N–H and O–H groups in total. The third kappa shape index (κ3) is 2.61. The summed E-state index contributed by atoms with van der Waals surface area (Å²) in [7, 11) is 0. The summed E-state index contributed by atoms with van der Waals surface area (Å²) in [5, 5.41) is 0. The number of Topliss-reactive ketones (excluding diaryl/α,β-unsaturated/α-hetero) is 1. The third-order valence-corrected chi connectivity index (χ3v) is 3.17. The Kier molecular flexibility index (Phi) is 4.02. The number of ether oxygens (including phenoxy) is 2. The quantitative estimate of drug-likeness (QED) is 0.869. The van der Waals surface area contributed by atoms with E-state index in [1.807, 2.05) is 6.07 Å². The Morgan fingerprint density at radius 2 is 2.12 bits per heavy atom. The topological polar surface area (TPSA) is 61.6 Å². The van der Waals surface area contributed by atoms with Gasteiger partial charge in [0.2, 0.25) is 0 Å². The number of benzene rings is 1. The zero-order chi connectivity index (χ0) is 12.3. The Morgan fingerprint density at radius 1 is 1.35 bits per heavy atom. The maximum Gasteiger partial charge on any atom is 0.173 e. The van der Waals surface area contributed by atoms with E-state index < -0.39 is 0 Å². The molecule has 5 heteroatoms. The molecule has 17 heavy (non-hydrogen) atoms. The van der Waals surface area contributed by atoms with Gasteiger partial charge in [0.15, 0.2) is 17.3 Å². The number of carbonyl (C=O) groups excluding carboxylic acids is 1. The van der Waals surface area contributed by atoms with Crippen LogP contribution < -0.4 is 15.2 Å². The highest BCUT2D eigenvalue weighted by atomic mass is 79.9. The molecule has 0 saturated carbocycles. The van der Waals surface area contributed by atoms with Crippen LogP contribution in [0.2, 0.25) is 0 Å². The SMILES string of the molecule is NCCC(=O)c1c(Br)ccc2c1OCCCO2. The maximum atomic E-state index is 12.0. The molecule has 0 radical (unpaired) electrons. The summed E-state index contributed by atoms with van der Waals surface area (Å²) < 4.78 is 11.9. The molecule has 1 aliphatic rings. The van der Waals surface area contributed by atoms with Crippen molar-refractivity contribution in [1.29, 1.82) is 0 Å². The second kappa shape index (κ2) is 5.51. The van der Waals surface area contributed by atoms with Gasteiger partial charge in [-0.3, -0.25) is 4.79 Å². The van der Waals surface area contributed by atoms with Crippen molar-refractivity contribution < 1.29 is 14.3 Å². The van der Waals surface area contributed by atoms with Gasteiger partial charge in [-0.05, 0) is 34.6 Å². The van der Waals surface area contributed by atoms with Crippen LogP contribution in [0.3, 0.4) is 0 Å². The Balaban J connectivity index is 2.45. The zero-order valence-electron chi connectivity index (χ0n) is 9.37. The lowest BCUT2D eigenvalue weighted by Gasteiger charge is -2.13. The molecule has 1 heterocycles. The molecule has 0 saturated heterocycles. The first-order valence-corrected chi connectivity index (χ1v) is 6.34. The van der Waals surface area contributed by atoms with Gasteiger partial charge in [-0.2, -0.15) is 0 Å². The van der Waals surface area contributed by atoms with Crippen LogP contribution in [0.25, 0.3) is 0 Å². The van der Waals surface area contributed by atoms with Crippen molar-refractivity contribution in [1.82, 2.24) is 0 Å². The van der Waals surface area contributed by atoms with Gasteiger partial charge in [0.1, 0.15) is 0 Å². The van der Waals surface area contributed by atoms with E-state index in [0.29, 0.717) is 43.2 Å². The summed E-state index contributed by atoms with van der Waals surface area (Å²) in [6.07, 6.45) is 1.12. The number of hydrogen-bond acceptors (Lipinski definition) is 4. The van der Waals surface area contributed by atoms with Crippen LogP contribution in [-0.2, 0) is 0 Å². The largest absolute Gasteiger partial charge is 0.490 e. The van der Waals surface area contributed by atoms with Gasteiger partial charge in [-0.15, -0.1) is 0 Å². The van der Waals surface area contributed by atoms with Gasteiger partial charge < -0.3 is 15.2 Å². The van der Waals surface area contributed by atoms with Gasteiger partial charge in [0.25, 0.3) is 0 Å². The van der Waals surface area contributed by atoms with Crippen molar-refractivity contribution in [3.63, 3.8) is 0 Å². The molecule has 1 aliphatic heterocycles. The highest BCUT2D eigenvalue weighted by molar-refractivity contribution is 9.10. The molecule has 0 fully saturated rings. The van der Waals surface area contributed by atoms with Gasteiger partial charge in [0, 0.05) is 17.3 Å². The van der Waals surface area contributed by atoms with Crippen LogP contribution >= 0.6 is 15.9 Å². The first-order valence-electron chi connectivity index (χ1n) is 5.55. The lowest BCUT2D eigenvalue weighted by Crippen LogP contribution is -2.11. The monoisotopic (exact) mass is 299 g/mol. The molecule has 4 nitrogen and oxygen atoms in total. The second-order valence-electron chi connectivity index (χ2n) is 3.76.